The van der Waals surface area contributed by atoms with Crippen molar-refractivity contribution in [2.24, 2.45) is 0 Å². The number of hydrogen-bond donors (Lipinski definition) is 1. The van der Waals surface area contributed by atoms with E-state index in [1.165, 1.54) is 0 Å². The summed E-state index contributed by atoms with van der Waals surface area (Å²) in [6, 6.07) is 7.49. The molecule has 0 bridgehead atoms. The van der Waals surface area contributed by atoms with E-state index >= 15 is 0 Å². The SMILES string of the molecule is COc1cc(Nc2ncccn2)ccc1OCCCN1CCOCC1. The standard InChI is InChI=1S/C18H24N4O3/c1-23-17-14-15(21-18-19-6-2-7-20-18)4-5-16(17)25-11-3-8-22-9-12-24-13-10-22/h2,4-7,14H,3,8-13H2,1H3,(H,19,20,21). The number of anilines is 2. The predicted octanol–water partition coefficient (Wildman–Crippen LogP) is 2.33. The maximum absolute atomic E-state index is 5.88. The van der Waals surface area contributed by atoms with Crippen LogP contribution >= 0.6 is 0 Å². The summed E-state index contributed by atoms with van der Waals surface area (Å²) in [5.41, 5.74) is 0.851. The zero-order valence-corrected chi connectivity index (χ0v) is 14.5. The molecule has 1 aromatic heterocycles. The van der Waals surface area contributed by atoms with E-state index in [1.54, 1.807) is 25.6 Å². The average molecular weight is 344 g/mol. The molecule has 1 N–H and O–H groups in total. The van der Waals surface area contributed by atoms with Crippen molar-refractivity contribution in [2.45, 2.75) is 6.42 Å². The van der Waals surface area contributed by atoms with E-state index in [2.05, 4.69) is 20.2 Å². The van der Waals surface area contributed by atoms with Crippen molar-refractivity contribution in [2.75, 3.05) is 51.9 Å². The van der Waals surface area contributed by atoms with Gasteiger partial charge in [-0.2, -0.15) is 0 Å². The monoisotopic (exact) mass is 344 g/mol. The molecule has 0 spiro atoms. The summed E-state index contributed by atoms with van der Waals surface area (Å²) in [4.78, 5) is 10.7. The number of ether oxygens (including phenoxy) is 3. The number of nitrogens with zero attached hydrogens (tertiary/aromatic N) is 3. The van der Waals surface area contributed by atoms with Gasteiger partial charge in [-0.25, -0.2) is 9.97 Å². The Bertz CT molecular complexity index is 648. The molecule has 7 heteroatoms. The zero-order chi connectivity index (χ0) is 17.3. The number of hydrogen-bond acceptors (Lipinski definition) is 7. The summed E-state index contributed by atoms with van der Waals surface area (Å²) in [5.74, 6) is 1.97. The van der Waals surface area contributed by atoms with Crippen LogP contribution in [0.3, 0.4) is 0 Å². The highest BCUT2D eigenvalue weighted by Gasteiger charge is 2.10. The fourth-order valence-corrected chi connectivity index (χ4v) is 2.65. The lowest BCUT2D eigenvalue weighted by Crippen LogP contribution is -2.37. The van der Waals surface area contributed by atoms with Crippen LogP contribution in [0.1, 0.15) is 6.42 Å². The third-order valence-electron chi connectivity index (χ3n) is 3.97. The minimum Gasteiger partial charge on any atom is -0.493 e. The first-order valence-corrected chi connectivity index (χ1v) is 8.50. The molecule has 3 rings (SSSR count). The van der Waals surface area contributed by atoms with Crippen molar-refractivity contribution in [1.29, 1.82) is 0 Å². The molecule has 0 amide bonds. The Kier molecular flexibility index (Phi) is 6.42. The second kappa shape index (κ2) is 9.19. The molecule has 2 heterocycles. The smallest absolute Gasteiger partial charge is 0.227 e. The summed E-state index contributed by atoms with van der Waals surface area (Å²) in [5, 5.41) is 3.14. The van der Waals surface area contributed by atoms with Gasteiger partial charge in [0.25, 0.3) is 0 Å². The quantitative estimate of drug-likeness (QED) is 0.737. The minimum absolute atomic E-state index is 0.545. The number of morpholine rings is 1. The summed E-state index contributed by atoms with van der Waals surface area (Å²) in [6.07, 6.45) is 4.36. The molecular formula is C18H24N4O3. The molecule has 1 saturated heterocycles. The highest BCUT2D eigenvalue weighted by atomic mass is 16.5. The molecule has 2 aromatic rings. The number of aromatic nitrogens is 2. The van der Waals surface area contributed by atoms with Crippen LogP contribution < -0.4 is 14.8 Å². The van der Waals surface area contributed by atoms with E-state index in [0.29, 0.717) is 18.3 Å². The van der Waals surface area contributed by atoms with E-state index in [0.717, 1.165) is 50.7 Å². The molecule has 0 saturated carbocycles. The van der Waals surface area contributed by atoms with Crippen LogP contribution in [-0.4, -0.2) is 61.4 Å². The lowest BCUT2D eigenvalue weighted by molar-refractivity contribution is 0.0357. The molecule has 0 radical (unpaired) electrons. The lowest BCUT2D eigenvalue weighted by Gasteiger charge is -2.26. The summed E-state index contributed by atoms with van der Waals surface area (Å²) < 4.78 is 16.7. The highest BCUT2D eigenvalue weighted by Crippen LogP contribution is 2.31. The Morgan fingerprint density at radius 1 is 1.16 bits per heavy atom. The third-order valence-corrected chi connectivity index (χ3v) is 3.97. The number of methoxy groups -OCH3 is 1. The van der Waals surface area contributed by atoms with Gasteiger partial charge in [-0.05, 0) is 24.6 Å². The molecule has 134 valence electrons. The lowest BCUT2D eigenvalue weighted by atomic mass is 10.2. The van der Waals surface area contributed by atoms with Gasteiger partial charge < -0.3 is 19.5 Å². The topological polar surface area (TPSA) is 68.7 Å². The van der Waals surface area contributed by atoms with E-state index in [4.69, 9.17) is 14.2 Å². The number of benzene rings is 1. The summed E-state index contributed by atoms with van der Waals surface area (Å²) in [7, 11) is 1.64. The molecule has 25 heavy (non-hydrogen) atoms. The highest BCUT2D eigenvalue weighted by molar-refractivity contribution is 5.59. The van der Waals surface area contributed by atoms with Gasteiger partial charge >= 0.3 is 0 Å². The van der Waals surface area contributed by atoms with Crippen LogP contribution in [0.5, 0.6) is 11.5 Å². The van der Waals surface area contributed by atoms with E-state index in [9.17, 15) is 0 Å². The van der Waals surface area contributed by atoms with Crippen molar-refractivity contribution in [3.05, 3.63) is 36.7 Å². The minimum atomic E-state index is 0.545. The van der Waals surface area contributed by atoms with Gasteiger partial charge in [-0.3, -0.25) is 4.90 Å². The molecule has 1 aliphatic rings. The normalized spacial score (nSPS) is 14.9. The van der Waals surface area contributed by atoms with Crippen LogP contribution in [0.15, 0.2) is 36.7 Å². The van der Waals surface area contributed by atoms with Gasteiger partial charge in [0.15, 0.2) is 11.5 Å². The van der Waals surface area contributed by atoms with Crippen LogP contribution in [-0.2, 0) is 4.74 Å². The van der Waals surface area contributed by atoms with Gasteiger partial charge in [0, 0.05) is 43.8 Å². The fraction of sp³-hybridized carbons (Fsp3) is 0.444. The van der Waals surface area contributed by atoms with E-state index in [1.807, 2.05) is 18.2 Å². The first-order chi connectivity index (χ1) is 12.3. The summed E-state index contributed by atoms with van der Waals surface area (Å²) >= 11 is 0. The molecule has 7 nitrogen and oxygen atoms in total. The second-order valence-corrected chi connectivity index (χ2v) is 5.72. The van der Waals surface area contributed by atoms with Gasteiger partial charge in [0.05, 0.1) is 26.9 Å². The van der Waals surface area contributed by atoms with Crippen molar-refractivity contribution >= 4 is 11.6 Å². The molecule has 1 fully saturated rings. The number of rotatable bonds is 8. The molecule has 1 aromatic carbocycles. The van der Waals surface area contributed by atoms with Gasteiger partial charge in [-0.15, -0.1) is 0 Å². The van der Waals surface area contributed by atoms with Gasteiger partial charge in [0.2, 0.25) is 5.95 Å². The fourth-order valence-electron chi connectivity index (χ4n) is 2.65. The van der Waals surface area contributed by atoms with E-state index in [-0.39, 0.29) is 0 Å². The molecule has 0 unspecified atom stereocenters. The Morgan fingerprint density at radius 2 is 1.96 bits per heavy atom. The Morgan fingerprint density at radius 3 is 2.72 bits per heavy atom. The molecule has 0 atom stereocenters. The first kappa shape index (κ1) is 17.4. The molecule has 1 aliphatic heterocycles. The van der Waals surface area contributed by atoms with Crippen LogP contribution in [0.25, 0.3) is 0 Å². The largest absolute Gasteiger partial charge is 0.493 e. The van der Waals surface area contributed by atoms with Crippen LogP contribution in [0, 0.1) is 0 Å². The zero-order valence-electron chi connectivity index (χ0n) is 14.5. The first-order valence-electron chi connectivity index (χ1n) is 8.50. The predicted molar refractivity (Wildman–Crippen MR) is 95.7 cm³/mol. The third kappa shape index (κ3) is 5.30. The summed E-state index contributed by atoms with van der Waals surface area (Å²) in [6.45, 7) is 5.35. The Balaban J connectivity index is 1.50. The maximum Gasteiger partial charge on any atom is 0.227 e. The van der Waals surface area contributed by atoms with Gasteiger partial charge in [0.1, 0.15) is 0 Å². The van der Waals surface area contributed by atoms with Crippen molar-refractivity contribution in [3.8, 4) is 11.5 Å². The Hall–Kier alpha value is -2.38. The van der Waals surface area contributed by atoms with Crippen molar-refractivity contribution < 1.29 is 14.2 Å². The van der Waals surface area contributed by atoms with Crippen molar-refractivity contribution in [3.63, 3.8) is 0 Å². The van der Waals surface area contributed by atoms with E-state index < -0.39 is 0 Å². The van der Waals surface area contributed by atoms with Gasteiger partial charge in [-0.1, -0.05) is 0 Å². The maximum atomic E-state index is 5.88. The second-order valence-electron chi connectivity index (χ2n) is 5.72. The van der Waals surface area contributed by atoms with Crippen molar-refractivity contribution in [1.82, 2.24) is 14.9 Å². The average Bonchev–Trinajstić information content (AvgIpc) is 2.67. The van der Waals surface area contributed by atoms with Crippen LogP contribution in [0.2, 0.25) is 0 Å². The molecular weight excluding hydrogens is 320 g/mol. The molecule has 0 aliphatic carbocycles. The number of nitrogens with one attached hydrogen (secondary N) is 1. The Labute approximate surface area is 147 Å². The van der Waals surface area contributed by atoms with Crippen LogP contribution in [0.4, 0.5) is 11.6 Å².